The number of ether oxygens (including phenoxy) is 2. The monoisotopic (exact) mass is 308 g/mol. The summed E-state index contributed by atoms with van der Waals surface area (Å²) in [5, 5.41) is 1.04. The van der Waals surface area contributed by atoms with Crippen molar-refractivity contribution in [2.45, 2.75) is 40.0 Å². The first-order valence-electron chi connectivity index (χ1n) is 7.30. The summed E-state index contributed by atoms with van der Waals surface area (Å²) in [6, 6.07) is 7.33. The second-order valence-electron chi connectivity index (χ2n) is 5.66. The van der Waals surface area contributed by atoms with Crippen LogP contribution < -0.4 is 10.4 Å². The largest absolute Gasteiger partial charge is 0.449 e. The lowest BCUT2D eigenvalue weighted by Gasteiger charge is -2.24. The zero-order valence-corrected chi connectivity index (χ0v) is 13.8. The van der Waals surface area contributed by atoms with E-state index in [0.717, 1.165) is 10.6 Å². The maximum Gasteiger partial charge on any atom is 0.433 e. The highest BCUT2D eigenvalue weighted by Gasteiger charge is 2.21. The van der Waals surface area contributed by atoms with Crippen LogP contribution in [-0.2, 0) is 14.9 Å². The second kappa shape index (κ2) is 7.68. The Morgan fingerprint density at radius 3 is 2.05 bits per heavy atom. The minimum absolute atomic E-state index is 0.00184. The van der Waals surface area contributed by atoms with Gasteiger partial charge in [-0.3, -0.25) is 0 Å². The van der Waals surface area contributed by atoms with Gasteiger partial charge in [-0.15, -0.1) is 0 Å². The highest BCUT2D eigenvalue weighted by atomic mass is 16.6. The highest BCUT2D eigenvalue weighted by Crippen LogP contribution is 2.24. The normalized spacial score (nSPS) is 10.8. The molecule has 1 N–H and O–H groups in total. The number of anilines is 1. The van der Waals surface area contributed by atoms with E-state index in [-0.39, 0.29) is 18.6 Å². The summed E-state index contributed by atoms with van der Waals surface area (Å²) >= 11 is 0. The van der Waals surface area contributed by atoms with Gasteiger partial charge in [-0.2, -0.15) is 5.01 Å². The van der Waals surface area contributed by atoms with Gasteiger partial charge in [0.1, 0.15) is 0 Å². The number of carbonyl (C=O) groups excluding carboxylic acids is 2. The van der Waals surface area contributed by atoms with Crippen molar-refractivity contribution in [3.05, 3.63) is 29.8 Å². The van der Waals surface area contributed by atoms with E-state index in [4.69, 9.17) is 9.47 Å². The minimum atomic E-state index is -0.713. The van der Waals surface area contributed by atoms with E-state index in [2.05, 4.69) is 26.2 Å². The number of rotatable bonds is 3. The molecule has 122 valence electrons. The van der Waals surface area contributed by atoms with E-state index < -0.39 is 12.2 Å². The summed E-state index contributed by atoms with van der Waals surface area (Å²) < 4.78 is 9.75. The van der Waals surface area contributed by atoms with Gasteiger partial charge in [-0.05, 0) is 37.0 Å². The van der Waals surface area contributed by atoms with Gasteiger partial charge < -0.3 is 9.47 Å². The third-order valence-corrected chi connectivity index (χ3v) is 2.92. The molecule has 0 aliphatic rings. The van der Waals surface area contributed by atoms with Crippen LogP contribution >= 0.6 is 0 Å². The zero-order valence-electron chi connectivity index (χ0n) is 13.8. The Balaban J connectivity index is 3.00. The Labute approximate surface area is 131 Å². The molecule has 0 heterocycles. The van der Waals surface area contributed by atoms with Crippen LogP contribution in [0.4, 0.5) is 15.3 Å². The van der Waals surface area contributed by atoms with Crippen molar-refractivity contribution in [3.63, 3.8) is 0 Å². The van der Waals surface area contributed by atoms with Gasteiger partial charge in [0.15, 0.2) is 0 Å². The van der Waals surface area contributed by atoms with Crippen LogP contribution in [0.25, 0.3) is 0 Å². The highest BCUT2D eigenvalue weighted by molar-refractivity contribution is 5.90. The number of nitrogens with one attached hydrogen (secondary N) is 1. The van der Waals surface area contributed by atoms with Crippen LogP contribution in [0, 0.1) is 0 Å². The first-order chi connectivity index (χ1) is 10.3. The molecule has 1 rings (SSSR count). The van der Waals surface area contributed by atoms with Gasteiger partial charge in [0.2, 0.25) is 0 Å². The molecular formula is C16H24N2O4. The molecule has 0 fully saturated rings. The molecule has 2 amide bonds. The maximum atomic E-state index is 12.0. The van der Waals surface area contributed by atoms with Crippen molar-refractivity contribution in [3.8, 4) is 0 Å². The van der Waals surface area contributed by atoms with E-state index in [1.165, 1.54) is 0 Å². The van der Waals surface area contributed by atoms with Gasteiger partial charge in [-0.25, -0.2) is 15.0 Å². The third-order valence-electron chi connectivity index (χ3n) is 2.92. The van der Waals surface area contributed by atoms with Crippen LogP contribution in [0.15, 0.2) is 24.3 Å². The fraction of sp³-hybridized carbons (Fsp3) is 0.500. The number of nitrogens with zero attached hydrogens (tertiary/aromatic N) is 1. The molecule has 6 heteroatoms. The summed E-state index contributed by atoms with van der Waals surface area (Å²) in [6.45, 7) is 10.1. The molecule has 0 saturated heterocycles. The Hall–Kier alpha value is -2.24. The predicted octanol–water partition coefficient (Wildman–Crippen LogP) is 3.61. The number of hydrazine groups is 1. The van der Waals surface area contributed by atoms with Gasteiger partial charge in [0, 0.05) is 0 Å². The third kappa shape index (κ3) is 4.95. The van der Waals surface area contributed by atoms with E-state index in [9.17, 15) is 9.59 Å². The summed E-state index contributed by atoms with van der Waals surface area (Å²) in [6.07, 6.45) is -1.38. The van der Waals surface area contributed by atoms with Gasteiger partial charge in [0.25, 0.3) is 0 Å². The molecule has 1 aromatic carbocycles. The maximum absolute atomic E-state index is 12.0. The summed E-state index contributed by atoms with van der Waals surface area (Å²) in [5.41, 5.74) is 4.00. The topological polar surface area (TPSA) is 67.9 Å². The Morgan fingerprint density at radius 2 is 1.59 bits per heavy atom. The van der Waals surface area contributed by atoms with Crippen molar-refractivity contribution >= 4 is 17.9 Å². The summed E-state index contributed by atoms with van der Waals surface area (Å²) in [5.74, 6) is 0. The van der Waals surface area contributed by atoms with Crippen molar-refractivity contribution in [2.24, 2.45) is 0 Å². The molecule has 0 aliphatic heterocycles. The SMILES string of the molecule is CCOC(=O)NN(C(=O)OCC)c1ccc(C(C)(C)C)cc1. The van der Waals surface area contributed by atoms with Crippen molar-refractivity contribution < 1.29 is 19.1 Å². The molecular weight excluding hydrogens is 284 g/mol. The van der Waals surface area contributed by atoms with E-state index in [0.29, 0.717) is 5.69 Å². The summed E-state index contributed by atoms with van der Waals surface area (Å²) in [4.78, 5) is 23.6. The number of amides is 2. The molecule has 0 aliphatic carbocycles. The number of hydrogen-bond acceptors (Lipinski definition) is 4. The van der Waals surface area contributed by atoms with Gasteiger partial charge >= 0.3 is 12.2 Å². The molecule has 0 aromatic heterocycles. The molecule has 0 atom stereocenters. The van der Waals surface area contributed by atoms with Crippen LogP contribution in [-0.4, -0.2) is 25.4 Å². The van der Waals surface area contributed by atoms with Crippen LogP contribution in [0.5, 0.6) is 0 Å². The minimum Gasteiger partial charge on any atom is -0.449 e. The quantitative estimate of drug-likeness (QED) is 0.866. The lowest BCUT2D eigenvalue weighted by molar-refractivity contribution is 0.138. The molecule has 0 radical (unpaired) electrons. The molecule has 1 aromatic rings. The molecule has 0 saturated carbocycles. The van der Waals surface area contributed by atoms with Crippen LogP contribution in [0.2, 0.25) is 0 Å². The van der Waals surface area contributed by atoms with E-state index in [1.54, 1.807) is 26.0 Å². The van der Waals surface area contributed by atoms with Gasteiger partial charge in [-0.1, -0.05) is 32.9 Å². The smallest absolute Gasteiger partial charge is 0.433 e. The number of benzene rings is 1. The second-order valence-corrected chi connectivity index (χ2v) is 5.66. The van der Waals surface area contributed by atoms with Crippen molar-refractivity contribution in [2.75, 3.05) is 18.2 Å². The first kappa shape index (κ1) is 17.8. The van der Waals surface area contributed by atoms with Crippen LogP contribution in [0.1, 0.15) is 40.2 Å². The van der Waals surface area contributed by atoms with Crippen LogP contribution in [0.3, 0.4) is 0 Å². The average Bonchev–Trinajstić information content (AvgIpc) is 2.44. The standard InChI is InChI=1S/C16H24N2O4/c1-6-21-14(19)17-18(15(20)22-7-2)13-10-8-12(9-11-13)16(3,4)5/h8-11H,6-7H2,1-5H3,(H,17,19). The fourth-order valence-corrected chi connectivity index (χ4v) is 1.77. The van der Waals surface area contributed by atoms with E-state index in [1.807, 2.05) is 12.1 Å². The molecule has 22 heavy (non-hydrogen) atoms. The molecule has 0 unspecified atom stereocenters. The Bertz CT molecular complexity index is 506. The zero-order chi connectivity index (χ0) is 16.8. The molecule has 6 nitrogen and oxygen atoms in total. The van der Waals surface area contributed by atoms with E-state index >= 15 is 0 Å². The summed E-state index contributed by atoms with van der Waals surface area (Å²) in [7, 11) is 0. The van der Waals surface area contributed by atoms with Gasteiger partial charge in [0.05, 0.1) is 18.9 Å². The average molecular weight is 308 g/mol. The predicted molar refractivity (Wildman–Crippen MR) is 84.8 cm³/mol. The lowest BCUT2D eigenvalue weighted by Crippen LogP contribution is -2.47. The van der Waals surface area contributed by atoms with Crippen molar-refractivity contribution in [1.29, 1.82) is 0 Å². The Kier molecular flexibility index (Phi) is 6.22. The van der Waals surface area contributed by atoms with Crippen molar-refractivity contribution in [1.82, 2.24) is 5.43 Å². The number of hydrogen-bond donors (Lipinski definition) is 1. The molecule has 0 bridgehead atoms. The first-order valence-corrected chi connectivity index (χ1v) is 7.30. The number of carbonyl (C=O) groups is 2. The fourth-order valence-electron chi connectivity index (χ4n) is 1.77. The Morgan fingerprint density at radius 1 is 1.05 bits per heavy atom. The molecule has 0 spiro atoms. The lowest BCUT2D eigenvalue weighted by atomic mass is 9.87.